The van der Waals surface area contributed by atoms with Gasteiger partial charge in [-0.3, -0.25) is 4.90 Å². The molecule has 2 aromatic rings. The smallest absolute Gasteiger partial charge is 0.140 e. The first-order valence-electron chi connectivity index (χ1n) is 10.5. The third-order valence-electron chi connectivity index (χ3n) is 4.55. The van der Waals surface area contributed by atoms with E-state index in [2.05, 4.69) is 11.8 Å². The zero-order valence-corrected chi connectivity index (χ0v) is 20.8. The SMILES string of the molecule is C/C=C(/N)N(C(SCc1c(F)cc(C#CC[N+](C)(C)C)cc1F)=C(C)C)c1ccc(F)cc1. The third-order valence-corrected chi connectivity index (χ3v) is 5.85. The summed E-state index contributed by atoms with van der Waals surface area (Å²) < 4.78 is 43.6. The molecular formula is C26H31F3N3S+. The molecular weight excluding hydrogens is 443 g/mol. The summed E-state index contributed by atoms with van der Waals surface area (Å²) in [6, 6.07) is 8.44. The van der Waals surface area contributed by atoms with E-state index in [1.54, 1.807) is 30.0 Å². The average molecular weight is 475 g/mol. The molecule has 33 heavy (non-hydrogen) atoms. The maximum Gasteiger partial charge on any atom is 0.140 e. The van der Waals surface area contributed by atoms with E-state index in [1.165, 1.54) is 36.0 Å². The van der Waals surface area contributed by atoms with E-state index in [0.29, 0.717) is 33.1 Å². The van der Waals surface area contributed by atoms with Gasteiger partial charge in [-0.05, 0) is 74.7 Å². The molecule has 0 aliphatic heterocycles. The Kier molecular flexibility index (Phi) is 9.09. The van der Waals surface area contributed by atoms with Crippen LogP contribution in [0, 0.1) is 29.3 Å². The third kappa shape index (κ3) is 7.62. The number of halogens is 3. The Morgan fingerprint density at radius 1 is 1.06 bits per heavy atom. The summed E-state index contributed by atoms with van der Waals surface area (Å²) in [4.78, 5) is 1.75. The van der Waals surface area contributed by atoms with Crippen molar-refractivity contribution in [3.63, 3.8) is 0 Å². The molecule has 176 valence electrons. The van der Waals surface area contributed by atoms with E-state index < -0.39 is 11.6 Å². The molecule has 0 bridgehead atoms. The standard InChI is InChI=1S/C26H31F3N3S/c1-7-25(30)31(21-12-10-20(27)11-13-21)26(18(2)3)33-17-22-23(28)15-19(16-24(22)29)9-8-14-32(4,5)6/h7,10-13,15-16H,14,17,30H2,1-6H3/q+1/b25-7-. The highest BCUT2D eigenvalue weighted by molar-refractivity contribution is 8.02. The van der Waals surface area contributed by atoms with Crippen molar-refractivity contribution in [1.82, 2.24) is 0 Å². The number of rotatable bonds is 7. The Morgan fingerprint density at radius 2 is 1.64 bits per heavy atom. The van der Waals surface area contributed by atoms with E-state index in [0.717, 1.165) is 5.57 Å². The molecule has 0 fully saturated rings. The van der Waals surface area contributed by atoms with Gasteiger partial charge in [0.05, 0.1) is 26.2 Å². The molecule has 0 aliphatic carbocycles. The van der Waals surface area contributed by atoms with Crippen molar-refractivity contribution in [2.24, 2.45) is 5.73 Å². The van der Waals surface area contributed by atoms with Gasteiger partial charge in [-0.15, -0.1) is 11.8 Å². The summed E-state index contributed by atoms with van der Waals surface area (Å²) in [6.45, 7) is 6.13. The minimum Gasteiger partial charge on any atom is -0.385 e. The van der Waals surface area contributed by atoms with Crippen LogP contribution in [0.15, 0.2) is 58.9 Å². The van der Waals surface area contributed by atoms with Gasteiger partial charge in [-0.2, -0.15) is 0 Å². The van der Waals surface area contributed by atoms with Crippen LogP contribution in [0.1, 0.15) is 31.9 Å². The lowest BCUT2D eigenvalue weighted by Crippen LogP contribution is -2.34. The molecule has 2 aromatic carbocycles. The van der Waals surface area contributed by atoms with Crippen molar-refractivity contribution in [3.05, 3.63) is 87.5 Å². The molecule has 0 unspecified atom stereocenters. The largest absolute Gasteiger partial charge is 0.385 e. The summed E-state index contributed by atoms with van der Waals surface area (Å²) in [5, 5.41) is 0.711. The molecule has 0 amide bonds. The molecule has 0 heterocycles. The number of hydrogen-bond donors (Lipinski definition) is 1. The number of thioether (sulfide) groups is 1. The van der Waals surface area contributed by atoms with E-state index in [4.69, 9.17) is 5.73 Å². The molecule has 0 aromatic heterocycles. The lowest BCUT2D eigenvalue weighted by atomic mass is 10.1. The Bertz CT molecular complexity index is 1080. The quantitative estimate of drug-likeness (QED) is 0.396. The lowest BCUT2D eigenvalue weighted by molar-refractivity contribution is -0.862. The van der Waals surface area contributed by atoms with Crippen LogP contribution in [-0.4, -0.2) is 32.2 Å². The van der Waals surface area contributed by atoms with Crippen LogP contribution >= 0.6 is 11.8 Å². The minimum absolute atomic E-state index is 0.0333. The summed E-state index contributed by atoms with van der Waals surface area (Å²) in [5.41, 5.74) is 8.06. The van der Waals surface area contributed by atoms with Gasteiger partial charge in [-0.25, -0.2) is 13.2 Å². The van der Waals surface area contributed by atoms with Crippen LogP contribution in [-0.2, 0) is 5.75 Å². The summed E-state index contributed by atoms with van der Waals surface area (Å²) in [5.74, 6) is 4.63. The van der Waals surface area contributed by atoms with Gasteiger partial charge in [0.15, 0.2) is 0 Å². The first kappa shape index (κ1) is 26.4. The van der Waals surface area contributed by atoms with Gasteiger partial charge in [0.25, 0.3) is 0 Å². The highest BCUT2D eigenvalue weighted by atomic mass is 32.2. The number of nitrogens with zero attached hydrogens (tertiary/aromatic N) is 2. The molecule has 2 N–H and O–H groups in total. The Hall–Kier alpha value is -2.82. The fourth-order valence-corrected chi connectivity index (χ4v) is 4.05. The normalized spacial score (nSPS) is 11.6. The number of benzene rings is 2. The maximum absolute atomic E-state index is 14.8. The van der Waals surface area contributed by atoms with Gasteiger partial charge in [0.2, 0.25) is 0 Å². The van der Waals surface area contributed by atoms with Crippen molar-refractivity contribution in [2.45, 2.75) is 26.5 Å². The molecule has 3 nitrogen and oxygen atoms in total. The predicted molar refractivity (Wildman–Crippen MR) is 133 cm³/mol. The second-order valence-electron chi connectivity index (χ2n) is 8.79. The zero-order valence-electron chi connectivity index (χ0n) is 20.0. The van der Waals surface area contributed by atoms with Gasteiger partial charge >= 0.3 is 0 Å². The predicted octanol–water partition coefficient (Wildman–Crippen LogP) is 5.97. The summed E-state index contributed by atoms with van der Waals surface area (Å²) in [6.07, 6.45) is 1.72. The van der Waals surface area contributed by atoms with Crippen molar-refractivity contribution < 1.29 is 17.7 Å². The second-order valence-corrected chi connectivity index (χ2v) is 9.75. The van der Waals surface area contributed by atoms with E-state index in [9.17, 15) is 13.2 Å². The first-order chi connectivity index (χ1) is 15.4. The van der Waals surface area contributed by atoms with E-state index in [-0.39, 0.29) is 17.1 Å². The Balaban J connectivity index is 2.32. The fraction of sp³-hybridized carbons (Fsp3) is 0.308. The molecule has 7 heteroatoms. The molecule has 2 rings (SSSR count). The van der Waals surface area contributed by atoms with Gasteiger partial charge < -0.3 is 10.2 Å². The number of allylic oxidation sites excluding steroid dienone is 2. The fourth-order valence-electron chi connectivity index (χ4n) is 2.87. The monoisotopic (exact) mass is 474 g/mol. The van der Waals surface area contributed by atoms with Crippen LogP contribution in [0.5, 0.6) is 0 Å². The van der Waals surface area contributed by atoms with Crippen LogP contribution < -0.4 is 10.6 Å². The van der Waals surface area contributed by atoms with Crippen LogP contribution in [0.25, 0.3) is 0 Å². The zero-order chi connectivity index (χ0) is 24.8. The van der Waals surface area contributed by atoms with Crippen LogP contribution in [0.4, 0.5) is 18.9 Å². The van der Waals surface area contributed by atoms with Gasteiger partial charge in [0, 0.05) is 22.6 Å². The maximum atomic E-state index is 14.8. The van der Waals surface area contributed by atoms with Crippen molar-refractivity contribution in [1.29, 1.82) is 0 Å². The number of nitrogens with two attached hydrogens (primary N) is 1. The molecule has 0 radical (unpaired) electrons. The van der Waals surface area contributed by atoms with E-state index in [1.807, 2.05) is 35.0 Å². The lowest BCUT2D eigenvalue weighted by Gasteiger charge is -2.28. The number of hydrogen-bond acceptors (Lipinski definition) is 3. The summed E-state index contributed by atoms with van der Waals surface area (Å²) in [7, 11) is 5.98. The van der Waals surface area contributed by atoms with Crippen molar-refractivity contribution >= 4 is 17.4 Å². The first-order valence-corrected chi connectivity index (χ1v) is 11.5. The highest BCUT2D eigenvalue weighted by Crippen LogP contribution is 2.35. The van der Waals surface area contributed by atoms with Crippen LogP contribution in [0.2, 0.25) is 0 Å². The molecule has 0 atom stereocenters. The van der Waals surface area contributed by atoms with Gasteiger partial charge in [0.1, 0.15) is 29.8 Å². The average Bonchev–Trinajstić information content (AvgIpc) is 2.71. The van der Waals surface area contributed by atoms with Crippen LogP contribution in [0.3, 0.4) is 0 Å². The second kappa shape index (κ2) is 11.4. The van der Waals surface area contributed by atoms with E-state index >= 15 is 0 Å². The molecule has 0 saturated heterocycles. The molecule has 0 saturated carbocycles. The topological polar surface area (TPSA) is 29.3 Å². The van der Waals surface area contributed by atoms with Crippen molar-refractivity contribution in [2.75, 3.05) is 32.6 Å². The van der Waals surface area contributed by atoms with Crippen molar-refractivity contribution in [3.8, 4) is 11.8 Å². The minimum atomic E-state index is -0.641. The Labute approximate surface area is 199 Å². The summed E-state index contributed by atoms with van der Waals surface area (Å²) >= 11 is 1.26. The molecule has 0 spiro atoms. The van der Waals surface area contributed by atoms with Gasteiger partial charge in [-0.1, -0.05) is 5.92 Å². The highest BCUT2D eigenvalue weighted by Gasteiger charge is 2.19. The Morgan fingerprint density at radius 3 is 2.12 bits per heavy atom. The number of quaternary nitrogens is 1. The molecule has 0 aliphatic rings. The number of anilines is 1.